The Kier molecular flexibility index (Phi) is 4.11. The maximum absolute atomic E-state index is 9.29. The minimum atomic E-state index is 0.363. The van der Waals surface area contributed by atoms with Crippen molar-refractivity contribution in [2.24, 2.45) is 7.05 Å². The first kappa shape index (κ1) is 18.4. The summed E-state index contributed by atoms with van der Waals surface area (Å²) in [6.07, 6.45) is 2.08. The maximum Gasteiger partial charge on any atom is 0.220 e. The first-order valence-electron chi connectivity index (χ1n) is 10.4. The molecule has 0 fully saturated rings. The number of rotatable bonds is 2. The van der Waals surface area contributed by atoms with Crippen LogP contribution in [0.15, 0.2) is 66.9 Å². The smallest absolute Gasteiger partial charge is 0.220 e. The van der Waals surface area contributed by atoms with Crippen LogP contribution in [0, 0.1) is 18.3 Å². The highest BCUT2D eigenvalue weighted by molar-refractivity contribution is 6.10. The summed E-state index contributed by atoms with van der Waals surface area (Å²) in [6.45, 7) is 6.68. The van der Waals surface area contributed by atoms with Gasteiger partial charge < -0.3 is 4.57 Å². The Morgan fingerprint density at radius 1 is 0.900 bits per heavy atom. The predicted molar refractivity (Wildman–Crippen MR) is 123 cm³/mol. The van der Waals surface area contributed by atoms with E-state index in [9.17, 15) is 5.26 Å². The summed E-state index contributed by atoms with van der Waals surface area (Å²) >= 11 is 0. The number of hydrogen-bond donors (Lipinski definition) is 0. The first-order valence-corrected chi connectivity index (χ1v) is 10.4. The molecule has 3 nitrogen and oxygen atoms in total. The van der Waals surface area contributed by atoms with Crippen LogP contribution in [0.25, 0.3) is 43.8 Å². The summed E-state index contributed by atoms with van der Waals surface area (Å²) in [5, 5.41) is 14.1. The van der Waals surface area contributed by atoms with Gasteiger partial charge in [-0.3, -0.25) is 0 Å². The number of aryl methyl sites for hydroxylation is 2. The molecular formula is C27H24N3+. The van der Waals surface area contributed by atoms with Crippen LogP contribution >= 0.6 is 0 Å². The third kappa shape index (κ3) is 2.61. The van der Waals surface area contributed by atoms with Gasteiger partial charge in [0.15, 0.2) is 6.20 Å². The van der Waals surface area contributed by atoms with Gasteiger partial charge in [-0.15, -0.1) is 0 Å². The van der Waals surface area contributed by atoms with E-state index in [0.29, 0.717) is 11.6 Å². The van der Waals surface area contributed by atoms with Crippen molar-refractivity contribution >= 4 is 32.6 Å². The number of nitriles is 1. The van der Waals surface area contributed by atoms with Crippen LogP contribution in [0.1, 0.15) is 31.0 Å². The molecule has 0 N–H and O–H groups in total. The first-order chi connectivity index (χ1) is 14.5. The Morgan fingerprint density at radius 2 is 1.70 bits per heavy atom. The van der Waals surface area contributed by atoms with Crippen molar-refractivity contribution in [2.75, 3.05) is 0 Å². The highest BCUT2D eigenvalue weighted by Gasteiger charge is 2.21. The maximum atomic E-state index is 9.29. The number of benzene rings is 3. The molecule has 5 aromatic rings. The SMILES string of the molecule is Cc1cc2c3ccccc3n(C(C)C)c2cc1-c1c2ccc(C#N)cc2cc[n+]1C. The lowest BCUT2D eigenvalue weighted by molar-refractivity contribution is -0.659. The van der Waals surface area contributed by atoms with Gasteiger partial charge in [-0.1, -0.05) is 18.2 Å². The van der Waals surface area contributed by atoms with Gasteiger partial charge >= 0.3 is 0 Å². The monoisotopic (exact) mass is 390 g/mol. The molecule has 0 radical (unpaired) electrons. The van der Waals surface area contributed by atoms with Crippen molar-refractivity contribution in [3.05, 3.63) is 78.0 Å². The lowest BCUT2D eigenvalue weighted by atomic mass is 9.97. The largest absolute Gasteiger partial charge is 0.338 e. The number of aromatic nitrogens is 2. The molecule has 5 rings (SSSR count). The summed E-state index contributed by atoms with van der Waals surface area (Å²) in [5.41, 5.74) is 6.88. The summed E-state index contributed by atoms with van der Waals surface area (Å²) in [5.74, 6) is 0. The highest BCUT2D eigenvalue weighted by Crippen LogP contribution is 2.37. The van der Waals surface area contributed by atoms with Crippen LogP contribution in [0.4, 0.5) is 0 Å². The molecule has 0 bridgehead atoms. The van der Waals surface area contributed by atoms with Crippen molar-refractivity contribution in [3.63, 3.8) is 0 Å². The molecule has 146 valence electrons. The van der Waals surface area contributed by atoms with Gasteiger partial charge in [-0.25, -0.2) is 4.57 Å². The van der Waals surface area contributed by atoms with E-state index in [1.165, 1.54) is 38.6 Å². The van der Waals surface area contributed by atoms with E-state index in [-0.39, 0.29) is 0 Å². The molecule has 2 aromatic heterocycles. The van der Waals surface area contributed by atoms with E-state index in [1.807, 2.05) is 12.1 Å². The van der Waals surface area contributed by atoms with Gasteiger partial charge in [0.05, 0.1) is 28.1 Å². The van der Waals surface area contributed by atoms with Gasteiger partial charge in [0.1, 0.15) is 7.05 Å². The molecule has 0 spiro atoms. The highest BCUT2D eigenvalue weighted by atomic mass is 15.0. The van der Waals surface area contributed by atoms with E-state index in [0.717, 1.165) is 10.8 Å². The van der Waals surface area contributed by atoms with E-state index in [2.05, 4.69) is 97.8 Å². The van der Waals surface area contributed by atoms with Crippen LogP contribution in [0.5, 0.6) is 0 Å². The van der Waals surface area contributed by atoms with Gasteiger partial charge in [-0.2, -0.15) is 5.26 Å². The Morgan fingerprint density at radius 3 is 2.47 bits per heavy atom. The molecule has 0 aliphatic rings. The molecule has 0 amide bonds. The van der Waals surface area contributed by atoms with Crippen LogP contribution in [0.2, 0.25) is 0 Å². The van der Waals surface area contributed by atoms with E-state index in [1.54, 1.807) is 0 Å². The van der Waals surface area contributed by atoms with E-state index < -0.39 is 0 Å². The van der Waals surface area contributed by atoms with Gasteiger partial charge in [0, 0.05) is 28.4 Å². The minimum absolute atomic E-state index is 0.363. The quantitative estimate of drug-likeness (QED) is 0.330. The Labute approximate surface area is 176 Å². The lowest BCUT2D eigenvalue weighted by Crippen LogP contribution is -2.30. The number of nitrogens with zero attached hydrogens (tertiary/aromatic N) is 3. The standard InChI is InChI=1S/C27H24N3/c1-17(2)30-25-8-6-5-7-22(25)24-13-18(3)23(15-26(24)30)27-21-10-9-19(16-28)14-20(21)11-12-29(27)4/h5-15,17H,1-4H3/q+1. The Bertz CT molecular complexity index is 1500. The second-order valence-corrected chi connectivity index (χ2v) is 8.35. The normalized spacial score (nSPS) is 11.6. The molecule has 3 heteroatoms. The van der Waals surface area contributed by atoms with Crippen LogP contribution in [-0.2, 0) is 7.05 Å². The molecule has 0 unspecified atom stereocenters. The molecule has 3 aromatic carbocycles. The average molecular weight is 391 g/mol. The zero-order valence-corrected chi connectivity index (χ0v) is 17.8. The summed E-state index contributed by atoms with van der Waals surface area (Å²) in [7, 11) is 2.09. The van der Waals surface area contributed by atoms with Crippen molar-refractivity contribution in [1.82, 2.24) is 4.57 Å². The third-order valence-electron chi connectivity index (χ3n) is 6.09. The second kappa shape index (κ2) is 6.71. The number of pyridine rings is 1. The van der Waals surface area contributed by atoms with E-state index in [4.69, 9.17) is 0 Å². The summed E-state index contributed by atoms with van der Waals surface area (Å²) in [4.78, 5) is 0. The summed E-state index contributed by atoms with van der Waals surface area (Å²) < 4.78 is 4.62. The predicted octanol–water partition coefficient (Wildman–Crippen LogP) is 6.20. The molecule has 2 heterocycles. The van der Waals surface area contributed by atoms with Gasteiger partial charge in [0.2, 0.25) is 5.69 Å². The average Bonchev–Trinajstić information content (AvgIpc) is 3.06. The fourth-order valence-electron chi connectivity index (χ4n) is 4.74. The van der Waals surface area contributed by atoms with Gasteiger partial charge in [-0.05, 0) is 68.1 Å². The Balaban J connectivity index is 1.90. The fourth-order valence-corrected chi connectivity index (χ4v) is 4.74. The molecule has 0 aliphatic heterocycles. The number of para-hydroxylation sites is 1. The van der Waals surface area contributed by atoms with Crippen molar-refractivity contribution < 1.29 is 4.57 Å². The van der Waals surface area contributed by atoms with Crippen LogP contribution < -0.4 is 4.57 Å². The molecule has 0 saturated carbocycles. The topological polar surface area (TPSA) is 32.6 Å². The molecule has 30 heavy (non-hydrogen) atoms. The third-order valence-corrected chi connectivity index (χ3v) is 6.09. The Hall–Kier alpha value is -3.64. The summed E-state index contributed by atoms with van der Waals surface area (Å²) in [6, 6.07) is 24.0. The molecule has 0 atom stereocenters. The van der Waals surface area contributed by atoms with Crippen molar-refractivity contribution in [2.45, 2.75) is 26.8 Å². The minimum Gasteiger partial charge on any atom is -0.338 e. The van der Waals surface area contributed by atoms with Crippen LogP contribution in [-0.4, -0.2) is 4.57 Å². The van der Waals surface area contributed by atoms with Gasteiger partial charge in [0.25, 0.3) is 0 Å². The second-order valence-electron chi connectivity index (χ2n) is 8.35. The molecular weight excluding hydrogens is 366 g/mol. The molecule has 0 aliphatic carbocycles. The van der Waals surface area contributed by atoms with Crippen LogP contribution in [0.3, 0.4) is 0 Å². The van der Waals surface area contributed by atoms with Crippen molar-refractivity contribution in [3.8, 4) is 17.3 Å². The number of fused-ring (bicyclic) bond motifs is 4. The van der Waals surface area contributed by atoms with E-state index >= 15 is 0 Å². The number of hydrogen-bond acceptors (Lipinski definition) is 1. The van der Waals surface area contributed by atoms with Crippen molar-refractivity contribution in [1.29, 1.82) is 5.26 Å². The zero-order valence-electron chi connectivity index (χ0n) is 17.8. The zero-order chi connectivity index (χ0) is 21.0. The fraction of sp³-hybridized carbons (Fsp3) is 0.185. The molecule has 0 saturated heterocycles. The lowest BCUT2D eigenvalue weighted by Gasteiger charge is -2.13.